The van der Waals surface area contributed by atoms with E-state index in [9.17, 15) is 0 Å². The largest absolute Gasteiger partial charge is 0.386 e. The van der Waals surface area contributed by atoms with Crippen LogP contribution in [0.4, 0.5) is 0 Å². The molecule has 0 heterocycles. The van der Waals surface area contributed by atoms with Crippen molar-refractivity contribution in [3.05, 3.63) is 0 Å². The summed E-state index contributed by atoms with van der Waals surface area (Å²) in [5.74, 6) is 0. The second kappa shape index (κ2) is 7.18. The first-order valence-electron chi connectivity index (χ1n) is 3.49. The molecule has 8 heavy (non-hydrogen) atoms. The highest BCUT2D eigenvalue weighted by Gasteiger charge is 1.82. The number of ether oxygens (including phenoxy) is 1. The lowest BCUT2D eigenvalue weighted by atomic mass is 10.3. The summed E-state index contributed by atoms with van der Waals surface area (Å²) < 4.78 is 5.20. The SMILES string of the molecule is CCCCCOC[SiH3]. The minimum Gasteiger partial charge on any atom is -0.386 e. The molecule has 0 saturated heterocycles. The maximum absolute atomic E-state index is 5.20. The summed E-state index contributed by atoms with van der Waals surface area (Å²) >= 11 is 0. The first-order chi connectivity index (χ1) is 3.91. The van der Waals surface area contributed by atoms with Gasteiger partial charge in [-0.25, -0.2) is 0 Å². The molecular weight excluding hydrogens is 116 g/mol. The Morgan fingerprint density at radius 3 is 2.62 bits per heavy atom. The summed E-state index contributed by atoms with van der Waals surface area (Å²) in [6.07, 6.45) is 4.87. The average Bonchev–Trinajstić information content (AvgIpc) is 1.81. The summed E-state index contributed by atoms with van der Waals surface area (Å²) in [6.45, 7) is 3.19. The van der Waals surface area contributed by atoms with Gasteiger partial charge in [0, 0.05) is 23.1 Å². The minimum absolute atomic E-state index is 0.983. The molecule has 1 nitrogen and oxygen atoms in total. The Hall–Kier alpha value is 0.177. The molecule has 0 N–H and O–H groups in total. The lowest BCUT2D eigenvalue weighted by Gasteiger charge is -1.96. The molecule has 0 aromatic rings. The summed E-state index contributed by atoms with van der Waals surface area (Å²) in [5, 5.41) is 0. The second-order valence-corrected chi connectivity index (χ2v) is 2.48. The molecule has 2 heteroatoms. The second-order valence-electron chi connectivity index (χ2n) is 1.90. The highest BCUT2D eigenvalue weighted by molar-refractivity contribution is 6.08. The van der Waals surface area contributed by atoms with Crippen molar-refractivity contribution < 1.29 is 4.74 Å². The smallest absolute Gasteiger partial charge is 0.0461 e. The molecule has 0 aliphatic carbocycles. The first kappa shape index (κ1) is 8.18. The quantitative estimate of drug-likeness (QED) is 0.391. The molecule has 0 spiro atoms. The van der Waals surface area contributed by atoms with E-state index >= 15 is 0 Å². The highest BCUT2D eigenvalue weighted by Crippen LogP contribution is 1.92. The van der Waals surface area contributed by atoms with E-state index in [0.29, 0.717) is 0 Å². The summed E-state index contributed by atoms with van der Waals surface area (Å²) in [7, 11) is 1.19. The molecule has 0 aliphatic rings. The lowest BCUT2D eigenvalue weighted by Crippen LogP contribution is -1.94. The van der Waals surface area contributed by atoms with Crippen LogP contribution in [0.5, 0.6) is 0 Å². The van der Waals surface area contributed by atoms with E-state index in [4.69, 9.17) is 4.74 Å². The summed E-state index contributed by atoms with van der Waals surface area (Å²) in [5.41, 5.74) is 0. The van der Waals surface area contributed by atoms with Crippen molar-refractivity contribution in [1.82, 2.24) is 0 Å². The van der Waals surface area contributed by atoms with E-state index < -0.39 is 0 Å². The fourth-order valence-corrected chi connectivity index (χ4v) is 0.887. The summed E-state index contributed by atoms with van der Waals surface area (Å²) in [6, 6.07) is 0. The van der Waals surface area contributed by atoms with Crippen LogP contribution in [0.3, 0.4) is 0 Å². The van der Waals surface area contributed by atoms with Crippen molar-refractivity contribution in [3.8, 4) is 0 Å². The van der Waals surface area contributed by atoms with Gasteiger partial charge >= 0.3 is 0 Å². The van der Waals surface area contributed by atoms with Gasteiger partial charge in [-0.1, -0.05) is 19.8 Å². The monoisotopic (exact) mass is 132 g/mol. The maximum Gasteiger partial charge on any atom is 0.0461 e. The van der Waals surface area contributed by atoms with Gasteiger partial charge in [-0.05, 0) is 6.42 Å². The molecule has 0 aromatic heterocycles. The average molecular weight is 132 g/mol. The molecule has 0 saturated carbocycles. The number of hydrogen-bond acceptors (Lipinski definition) is 1. The molecule has 0 rings (SSSR count). The van der Waals surface area contributed by atoms with E-state index in [1.54, 1.807) is 0 Å². The molecule has 0 radical (unpaired) electrons. The van der Waals surface area contributed by atoms with Crippen molar-refractivity contribution in [2.75, 3.05) is 12.8 Å². The van der Waals surface area contributed by atoms with E-state index in [1.807, 2.05) is 0 Å². The van der Waals surface area contributed by atoms with Gasteiger partial charge in [-0.15, -0.1) is 0 Å². The molecule has 0 unspecified atom stereocenters. The van der Waals surface area contributed by atoms with E-state index in [0.717, 1.165) is 12.8 Å². The van der Waals surface area contributed by atoms with Gasteiger partial charge in [0.15, 0.2) is 0 Å². The van der Waals surface area contributed by atoms with E-state index in [2.05, 4.69) is 6.92 Å². The van der Waals surface area contributed by atoms with Crippen LogP contribution in [0.1, 0.15) is 26.2 Å². The van der Waals surface area contributed by atoms with Crippen LogP contribution in [-0.4, -0.2) is 23.1 Å². The predicted molar refractivity (Wildman–Crippen MR) is 40.3 cm³/mol. The fourth-order valence-electron chi connectivity index (χ4n) is 0.598. The van der Waals surface area contributed by atoms with E-state index in [1.165, 1.54) is 29.5 Å². The fraction of sp³-hybridized carbons (Fsp3) is 1.00. The van der Waals surface area contributed by atoms with Crippen molar-refractivity contribution in [3.63, 3.8) is 0 Å². The standard InChI is InChI=1S/C6H16OSi/c1-2-3-4-5-7-6-8/h2-6H2,1,8H3. The Kier molecular flexibility index (Phi) is 7.34. The van der Waals surface area contributed by atoms with Crippen molar-refractivity contribution in [1.29, 1.82) is 0 Å². The zero-order valence-corrected chi connectivity index (χ0v) is 7.94. The molecule has 0 atom stereocenters. The van der Waals surface area contributed by atoms with Gasteiger partial charge in [-0.3, -0.25) is 0 Å². The van der Waals surface area contributed by atoms with Crippen LogP contribution < -0.4 is 0 Å². The molecule has 50 valence electrons. The van der Waals surface area contributed by atoms with Gasteiger partial charge in [0.2, 0.25) is 0 Å². The molecular formula is C6H16OSi. The van der Waals surface area contributed by atoms with Gasteiger partial charge in [0.05, 0.1) is 0 Å². The van der Waals surface area contributed by atoms with Crippen LogP contribution in [0, 0.1) is 0 Å². The Morgan fingerprint density at radius 2 is 2.12 bits per heavy atom. The van der Waals surface area contributed by atoms with Crippen molar-refractivity contribution in [2.24, 2.45) is 0 Å². The van der Waals surface area contributed by atoms with Gasteiger partial charge in [0.1, 0.15) is 0 Å². The van der Waals surface area contributed by atoms with Crippen LogP contribution in [-0.2, 0) is 4.74 Å². The van der Waals surface area contributed by atoms with Crippen LogP contribution in [0.15, 0.2) is 0 Å². The predicted octanol–water partition coefficient (Wildman–Crippen LogP) is 0.516. The highest BCUT2D eigenvalue weighted by atomic mass is 28.1. The van der Waals surface area contributed by atoms with Gasteiger partial charge < -0.3 is 4.74 Å². The van der Waals surface area contributed by atoms with Crippen LogP contribution >= 0.6 is 0 Å². The minimum atomic E-state index is 0.983. The van der Waals surface area contributed by atoms with Crippen LogP contribution in [0.2, 0.25) is 0 Å². The van der Waals surface area contributed by atoms with Gasteiger partial charge in [-0.2, -0.15) is 0 Å². The molecule has 0 aliphatic heterocycles. The molecule has 0 bridgehead atoms. The number of rotatable bonds is 5. The normalized spacial score (nSPS) is 10.1. The summed E-state index contributed by atoms with van der Waals surface area (Å²) in [4.78, 5) is 0. The number of hydrogen-bond donors (Lipinski definition) is 0. The third kappa shape index (κ3) is 6.18. The number of unbranched alkanes of at least 4 members (excludes halogenated alkanes) is 2. The maximum atomic E-state index is 5.20. The molecule has 0 amide bonds. The Morgan fingerprint density at radius 1 is 1.38 bits per heavy atom. The Bertz CT molecular complexity index is 33.5. The Labute approximate surface area is 54.8 Å². The van der Waals surface area contributed by atoms with Gasteiger partial charge in [0.25, 0.3) is 0 Å². The van der Waals surface area contributed by atoms with Crippen LogP contribution in [0.25, 0.3) is 0 Å². The third-order valence-electron chi connectivity index (χ3n) is 1.10. The van der Waals surface area contributed by atoms with Crippen molar-refractivity contribution >= 4 is 10.2 Å². The molecule has 0 fully saturated rings. The topological polar surface area (TPSA) is 9.23 Å². The first-order valence-corrected chi connectivity index (χ1v) is 4.91. The third-order valence-corrected chi connectivity index (χ3v) is 1.50. The lowest BCUT2D eigenvalue weighted by molar-refractivity contribution is 0.173. The Balaban J connectivity index is 2.53. The van der Waals surface area contributed by atoms with E-state index in [-0.39, 0.29) is 0 Å². The van der Waals surface area contributed by atoms with Crippen molar-refractivity contribution in [2.45, 2.75) is 26.2 Å². The zero-order chi connectivity index (χ0) is 6.24. The molecule has 0 aromatic carbocycles. The zero-order valence-electron chi connectivity index (χ0n) is 5.94.